The maximum atomic E-state index is 13.7. The van der Waals surface area contributed by atoms with Gasteiger partial charge in [0, 0.05) is 11.6 Å². The maximum Gasteiger partial charge on any atom is 0.338 e. The molecule has 2 rings (SSSR count). The summed E-state index contributed by atoms with van der Waals surface area (Å²) in [5.74, 6) is -2.63. The lowest BCUT2D eigenvalue weighted by Crippen LogP contribution is -2.31. The molecule has 0 unspecified atom stereocenters. The molecule has 0 heterocycles. The maximum absolute atomic E-state index is 13.7. The molecule has 1 amide bonds. The molecule has 0 saturated carbocycles. The Morgan fingerprint density at radius 2 is 1.72 bits per heavy atom. The predicted molar refractivity (Wildman–Crippen MR) is 89.1 cm³/mol. The summed E-state index contributed by atoms with van der Waals surface area (Å²) in [4.78, 5) is 23.9. The fourth-order valence-corrected chi connectivity index (χ4v) is 2.52. The minimum atomic E-state index is -0.750. The van der Waals surface area contributed by atoms with Gasteiger partial charge in [-0.25, -0.2) is 13.6 Å². The molecule has 132 valence electrons. The highest BCUT2D eigenvalue weighted by Crippen LogP contribution is 2.17. The average molecular weight is 347 g/mol. The Morgan fingerprint density at radius 1 is 1.08 bits per heavy atom. The minimum absolute atomic E-state index is 0.149. The molecule has 0 radical (unpaired) electrons. The van der Waals surface area contributed by atoms with Crippen LogP contribution in [0.2, 0.25) is 0 Å². The summed E-state index contributed by atoms with van der Waals surface area (Å²) in [5.41, 5.74) is 2.34. The van der Waals surface area contributed by atoms with E-state index in [0.29, 0.717) is 5.56 Å². The van der Waals surface area contributed by atoms with Gasteiger partial charge >= 0.3 is 5.97 Å². The van der Waals surface area contributed by atoms with E-state index in [0.717, 1.165) is 23.3 Å². The van der Waals surface area contributed by atoms with E-state index in [1.807, 2.05) is 19.9 Å². The van der Waals surface area contributed by atoms with Crippen LogP contribution in [-0.4, -0.2) is 18.5 Å². The first-order valence-corrected chi connectivity index (χ1v) is 7.76. The van der Waals surface area contributed by atoms with E-state index in [1.165, 1.54) is 6.07 Å². The molecule has 6 heteroatoms. The largest absolute Gasteiger partial charge is 0.452 e. The molecule has 1 N–H and O–H groups in total. The zero-order valence-corrected chi connectivity index (χ0v) is 14.2. The van der Waals surface area contributed by atoms with Crippen LogP contribution in [0.25, 0.3) is 0 Å². The number of aryl methyl sites for hydroxylation is 2. The Balaban J connectivity index is 1.92. The van der Waals surface area contributed by atoms with Crippen LogP contribution >= 0.6 is 0 Å². The van der Waals surface area contributed by atoms with Crippen LogP contribution < -0.4 is 5.32 Å². The van der Waals surface area contributed by atoms with Crippen LogP contribution in [0.3, 0.4) is 0 Å². The van der Waals surface area contributed by atoms with Gasteiger partial charge in [0.2, 0.25) is 0 Å². The number of carbonyl (C=O) groups excluding carboxylic acids is 2. The van der Waals surface area contributed by atoms with Gasteiger partial charge in [-0.1, -0.05) is 23.3 Å². The van der Waals surface area contributed by atoms with Gasteiger partial charge in [-0.15, -0.1) is 0 Å². The van der Waals surface area contributed by atoms with Crippen molar-refractivity contribution in [2.75, 3.05) is 6.61 Å². The fraction of sp³-hybridized carbons (Fsp3) is 0.263. The molecule has 1 atom stereocenters. The highest BCUT2D eigenvalue weighted by atomic mass is 19.1. The highest BCUT2D eigenvalue weighted by Gasteiger charge is 2.16. The molecule has 2 aromatic rings. The fourth-order valence-electron chi connectivity index (χ4n) is 2.52. The smallest absolute Gasteiger partial charge is 0.338 e. The van der Waals surface area contributed by atoms with Crippen molar-refractivity contribution >= 4 is 11.9 Å². The number of halogens is 2. The van der Waals surface area contributed by atoms with Crippen LogP contribution in [0.15, 0.2) is 36.4 Å². The molecule has 0 aromatic heterocycles. The van der Waals surface area contributed by atoms with Crippen molar-refractivity contribution in [1.82, 2.24) is 5.32 Å². The first-order chi connectivity index (χ1) is 11.8. The molecule has 0 aliphatic carbocycles. The van der Waals surface area contributed by atoms with Crippen LogP contribution in [0.4, 0.5) is 8.78 Å². The standard InChI is InChI=1S/C19H19F2NO3/c1-11-6-12(2)8-14(7-11)19(24)25-10-18(23)22-13(3)16-5-4-15(20)9-17(16)21/h4-9,13H,10H2,1-3H3,(H,22,23)/t13-/m0/s1. The molecule has 0 aliphatic heterocycles. The summed E-state index contributed by atoms with van der Waals surface area (Å²) in [6, 6.07) is 7.69. The normalized spacial score (nSPS) is 11.7. The van der Waals surface area contributed by atoms with Crippen LogP contribution in [-0.2, 0) is 9.53 Å². The van der Waals surface area contributed by atoms with Gasteiger partial charge in [0.25, 0.3) is 5.91 Å². The SMILES string of the molecule is Cc1cc(C)cc(C(=O)OCC(=O)N[C@@H](C)c2ccc(F)cc2F)c1. The number of nitrogens with one attached hydrogen (secondary N) is 1. The summed E-state index contributed by atoms with van der Waals surface area (Å²) in [5, 5.41) is 2.51. The van der Waals surface area contributed by atoms with E-state index in [1.54, 1.807) is 19.1 Å². The summed E-state index contributed by atoms with van der Waals surface area (Å²) in [7, 11) is 0. The topological polar surface area (TPSA) is 55.4 Å². The molecule has 25 heavy (non-hydrogen) atoms. The minimum Gasteiger partial charge on any atom is -0.452 e. The van der Waals surface area contributed by atoms with Crippen LogP contribution in [0.5, 0.6) is 0 Å². The number of hydrogen-bond acceptors (Lipinski definition) is 3. The van der Waals surface area contributed by atoms with Gasteiger partial charge < -0.3 is 10.1 Å². The zero-order valence-electron chi connectivity index (χ0n) is 14.2. The third-order valence-electron chi connectivity index (χ3n) is 3.60. The number of carbonyl (C=O) groups is 2. The summed E-state index contributed by atoms with van der Waals surface area (Å²) >= 11 is 0. The lowest BCUT2D eigenvalue weighted by Gasteiger charge is -2.15. The quantitative estimate of drug-likeness (QED) is 0.841. The molecular weight excluding hydrogens is 328 g/mol. The van der Waals surface area contributed by atoms with Crippen molar-refractivity contribution in [3.05, 3.63) is 70.3 Å². The third-order valence-corrected chi connectivity index (χ3v) is 3.60. The van der Waals surface area contributed by atoms with Gasteiger partial charge in [-0.3, -0.25) is 4.79 Å². The predicted octanol–water partition coefficient (Wildman–Crippen LogP) is 3.62. The Kier molecular flexibility index (Phi) is 5.85. The monoisotopic (exact) mass is 347 g/mol. The van der Waals surface area contributed by atoms with E-state index in [-0.39, 0.29) is 5.56 Å². The van der Waals surface area contributed by atoms with Crippen molar-refractivity contribution in [2.45, 2.75) is 26.8 Å². The van der Waals surface area contributed by atoms with Crippen molar-refractivity contribution in [3.63, 3.8) is 0 Å². The number of rotatable bonds is 5. The number of benzene rings is 2. The first-order valence-electron chi connectivity index (χ1n) is 7.76. The lowest BCUT2D eigenvalue weighted by molar-refractivity contribution is -0.124. The van der Waals surface area contributed by atoms with E-state index >= 15 is 0 Å². The number of esters is 1. The summed E-state index contributed by atoms with van der Waals surface area (Å²) in [6.07, 6.45) is 0. The molecule has 0 bridgehead atoms. The molecule has 4 nitrogen and oxygen atoms in total. The van der Waals surface area contributed by atoms with Crippen LogP contribution in [0.1, 0.15) is 40.0 Å². The number of amides is 1. The van der Waals surface area contributed by atoms with Crippen molar-refractivity contribution in [3.8, 4) is 0 Å². The number of hydrogen-bond donors (Lipinski definition) is 1. The highest BCUT2D eigenvalue weighted by molar-refractivity contribution is 5.91. The van der Waals surface area contributed by atoms with Gasteiger partial charge in [0.15, 0.2) is 6.61 Å². The Labute approximate surface area is 144 Å². The second kappa shape index (κ2) is 7.88. The molecule has 0 aliphatic rings. The van der Waals surface area contributed by atoms with Gasteiger partial charge in [-0.2, -0.15) is 0 Å². The van der Waals surface area contributed by atoms with E-state index in [9.17, 15) is 18.4 Å². The molecule has 0 spiro atoms. The second-order valence-corrected chi connectivity index (χ2v) is 5.91. The summed E-state index contributed by atoms with van der Waals surface area (Å²) < 4.78 is 31.6. The van der Waals surface area contributed by atoms with E-state index < -0.39 is 36.2 Å². The molecular formula is C19H19F2NO3. The van der Waals surface area contributed by atoms with Gasteiger partial charge in [0.05, 0.1) is 11.6 Å². The van der Waals surface area contributed by atoms with Gasteiger partial charge in [0.1, 0.15) is 11.6 Å². The average Bonchev–Trinajstić information content (AvgIpc) is 2.51. The van der Waals surface area contributed by atoms with Crippen molar-refractivity contribution < 1.29 is 23.1 Å². The Hall–Kier alpha value is -2.76. The second-order valence-electron chi connectivity index (χ2n) is 5.91. The first kappa shape index (κ1) is 18.6. The summed E-state index contributed by atoms with van der Waals surface area (Å²) in [6.45, 7) is 4.78. The van der Waals surface area contributed by atoms with Crippen molar-refractivity contribution in [2.24, 2.45) is 0 Å². The molecule has 0 fully saturated rings. The van der Waals surface area contributed by atoms with Gasteiger partial charge in [-0.05, 0) is 39.0 Å². The third kappa shape index (κ3) is 5.11. The molecule has 0 saturated heterocycles. The Morgan fingerprint density at radius 3 is 2.32 bits per heavy atom. The number of ether oxygens (including phenoxy) is 1. The zero-order chi connectivity index (χ0) is 18.6. The van der Waals surface area contributed by atoms with Crippen molar-refractivity contribution in [1.29, 1.82) is 0 Å². The molecule has 2 aromatic carbocycles. The van der Waals surface area contributed by atoms with Crippen LogP contribution in [0, 0.1) is 25.5 Å². The lowest BCUT2D eigenvalue weighted by atomic mass is 10.1. The Bertz CT molecular complexity index is 785. The van der Waals surface area contributed by atoms with E-state index in [2.05, 4.69) is 5.32 Å². The van der Waals surface area contributed by atoms with E-state index in [4.69, 9.17) is 4.74 Å².